The number of hydrogen-bond donors (Lipinski definition) is 2. The van der Waals surface area contributed by atoms with Crippen molar-refractivity contribution in [3.8, 4) is 0 Å². The van der Waals surface area contributed by atoms with E-state index in [0.717, 1.165) is 15.7 Å². The molecular weight excluding hydrogens is 371 g/mol. The number of carbonyl (C=O) groups is 2. The van der Waals surface area contributed by atoms with E-state index in [9.17, 15) is 9.59 Å². The third-order valence-electron chi connectivity index (χ3n) is 3.42. The minimum Gasteiger partial charge on any atom is -0.481 e. The molecule has 1 aromatic carbocycles. The highest BCUT2D eigenvalue weighted by atomic mass is 127. The predicted octanol–water partition coefficient (Wildman–Crippen LogP) is 3.01. The van der Waals surface area contributed by atoms with Gasteiger partial charge in [0.05, 0.1) is 0 Å². The average Bonchev–Trinajstić information content (AvgIpc) is 2.85. The zero-order valence-electron chi connectivity index (χ0n) is 11.0. The lowest BCUT2D eigenvalue weighted by molar-refractivity contribution is -0.137. The van der Waals surface area contributed by atoms with E-state index in [4.69, 9.17) is 5.11 Å². The molecule has 5 nitrogen and oxygen atoms in total. The lowest BCUT2D eigenvalue weighted by Crippen LogP contribution is -2.33. The highest BCUT2D eigenvalue weighted by molar-refractivity contribution is 14.1. The SMILES string of the molecule is O=C(O)CCC1CCN(C(=O)Nc2cccc(I)c2)C1. The number of aliphatic carboxylic acids is 1. The van der Waals surface area contributed by atoms with E-state index < -0.39 is 5.97 Å². The van der Waals surface area contributed by atoms with Crippen molar-refractivity contribution in [2.45, 2.75) is 19.3 Å². The van der Waals surface area contributed by atoms with E-state index in [1.54, 1.807) is 4.90 Å². The number of nitrogens with zero attached hydrogens (tertiary/aromatic N) is 1. The van der Waals surface area contributed by atoms with Gasteiger partial charge in [-0.15, -0.1) is 0 Å². The molecule has 6 heteroatoms. The van der Waals surface area contributed by atoms with Crippen molar-refractivity contribution in [3.05, 3.63) is 27.8 Å². The topological polar surface area (TPSA) is 69.6 Å². The number of anilines is 1. The Balaban J connectivity index is 1.83. The second-order valence-electron chi connectivity index (χ2n) is 4.97. The summed E-state index contributed by atoms with van der Waals surface area (Å²) in [4.78, 5) is 24.4. The van der Waals surface area contributed by atoms with Crippen LogP contribution in [0.3, 0.4) is 0 Å². The number of urea groups is 1. The van der Waals surface area contributed by atoms with Crippen LogP contribution >= 0.6 is 22.6 Å². The Hall–Kier alpha value is -1.31. The summed E-state index contributed by atoms with van der Waals surface area (Å²) in [5.74, 6) is -0.473. The normalized spacial score (nSPS) is 18.1. The number of carboxylic acid groups (broad SMARTS) is 1. The van der Waals surface area contributed by atoms with E-state index in [1.165, 1.54) is 0 Å². The Morgan fingerprint density at radius 2 is 2.25 bits per heavy atom. The Kier molecular flexibility index (Phi) is 5.22. The Morgan fingerprint density at radius 3 is 2.95 bits per heavy atom. The largest absolute Gasteiger partial charge is 0.481 e. The van der Waals surface area contributed by atoms with Crippen LogP contribution in [0, 0.1) is 9.49 Å². The highest BCUT2D eigenvalue weighted by Gasteiger charge is 2.26. The van der Waals surface area contributed by atoms with Gasteiger partial charge in [0.15, 0.2) is 0 Å². The first kappa shape index (κ1) is 15.1. The third kappa shape index (κ3) is 4.36. The molecule has 2 amide bonds. The quantitative estimate of drug-likeness (QED) is 0.780. The first-order chi connectivity index (χ1) is 9.54. The van der Waals surface area contributed by atoms with E-state index >= 15 is 0 Å². The van der Waals surface area contributed by atoms with Crippen LogP contribution in [0.5, 0.6) is 0 Å². The molecule has 0 saturated carbocycles. The fourth-order valence-corrected chi connectivity index (χ4v) is 2.89. The number of carboxylic acids is 1. The van der Waals surface area contributed by atoms with Gasteiger partial charge in [0.1, 0.15) is 0 Å². The zero-order valence-corrected chi connectivity index (χ0v) is 13.2. The molecule has 1 aliphatic heterocycles. The highest BCUT2D eigenvalue weighted by Crippen LogP contribution is 2.22. The number of rotatable bonds is 4. The maximum atomic E-state index is 12.1. The summed E-state index contributed by atoms with van der Waals surface area (Å²) < 4.78 is 1.07. The molecule has 1 unspecified atom stereocenters. The molecule has 2 rings (SSSR count). The van der Waals surface area contributed by atoms with Gasteiger partial charge >= 0.3 is 12.0 Å². The molecule has 1 aromatic rings. The summed E-state index contributed by atoms with van der Waals surface area (Å²) in [7, 11) is 0. The van der Waals surface area contributed by atoms with Crippen LogP contribution in [-0.4, -0.2) is 35.1 Å². The molecule has 1 atom stereocenters. The molecule has 0 spiro atoms. The van der Waals surface area contributed by atoms with Gasteiger partial charge in [-0.3, -0.25) is 4.79 Å². The summed E-state index contributed by atoms with van der Waals surface area (Å²) in [5.41, 5.74) is 0.788. The molecule has 1 saturated heterocycles. The molecule has 20 heavy (non-hydrogen) atoms. The standard InChI is InChI=1S/C14H17IN2O3/c15-11-2-1-3-12(8-11)16-14(20)17-7-6-10(9-17)4-5-13(18)19/h1-3,8,10H,4-7,9H2,(H,16,20)(H,18,19). The van der Waals surface area contributed by atoms with E-state index in [1.807, 2.05) is 24.3 Å². The summed E-state index contributed by atoms with van der Waals surface area (Å²) in [6, 6.07) is 7.53. The second kappa shape index (κ2) is 6.92. The van der Waals surface area contributed by atoms with E-state index in [0.29, 0.717) is 25.4 Å². The second-order valence-corrected chi connectivity index (χ2v) is 6.22. The van der Waals surface area contributed by atoms with E-state index in [-0.39, 0.29) is 12.5 Å². The van der Waals surface area contributed by atoms with Crippen LogP contribution in [0.4, 0.5) is 10.5 Å². The molecule has 2 N–H and O–H groups in total. The molecule has 0 radical (unpaired) electrons. The van der Waals surface area contributed by atoms with Crippen molar-refractivity contribution in [1.29, 1.82) is 0 Å². The van der Waals surface area contributed by atoms with Crippen LogP contribution in [0.2, 0.25) is 0 Å². The van der Waals surface area contributed by atoms with Crippen molar-refractivity contribution < 1.29 is 14.7 Å². The van der Waals surface area contributed by atoms with Crippen molar-refractivity contribution in [3.63, 3.8) is 0 Å². The van der Waals surface area contributed by atoms with Crippen LogP contribution in [0.25, 0.3) is 0 Å². The Labute approximate surface area is 131 Å². The number of hydrogen-bond acceptors (Lipinski definition) is 2. The van der Waals surface area contributed by atoms with Gasteiger partial charge in [-0.25, -0.2) is 4.79 Å². The van der Waals surface area contributed by atoms with Crippen LogP contribution in [-0.2, 0) is 4.79 Å². The number of nitrogens with one attached hydrogen (secondary N) is 1. The van der Waals surface area contributed by atoms with Crippen LogP contribution in [0.15, 0.2) is 24.3 Å². The molecule has 0 aromatic heterocycles. The zero-order chi connectivity index (χ0) is 14.5. The van der Waals surface area contributed by atoms with Gasteiger partial charge in [0.25, 0.3) is 0 Å². The number of amides is 2. The van der Waals surface area contributed by atoms with Gasteiger partial charge in [-0.05, 0) is 59.5 Å². The number of benzene rings is 1. The van der Waals surface area contributed by atoms with Gasteiger partial charge < -0.3 is 15.3 Å². The fraction of sp³-hybridized carbons (Fsp3) is 0.429. The first-order valence-electron chi connectivity index (χ1n) is 6.58. The van der Waals surface area contributed by atoms with Gasteiger partial charge in [-0.2, -0.15) is 0 Å². The summed E-state index contributed by atoms with van der Waals surface area (Å²) >= 11 is 2.20. The summed E-state index contributed by atoms with van der Waals surface area (Å²) in [5, 5.41) is 11.6. The lowest BCUT2D eigenvalue weighted by atomic mass is 10.0. The van der Waals surface area contributed by atoms with Gasteiger partial charge in [0.2, 0.25) is 0 Å². The third-order valence-corrected chi connectivity index (χ3v) is 4.09. The minimum atomic E-state index is -0.772. The summed E-state index contributed by atoms with van der Waals surface area (Å²) in [6.07, 6.45) is 1.70. The average molecular weight is 388 g/mol. The van der Waals surface area contributed by atoms with Crippen molar-refractivity contribution in [1.82, 2.24) is 4.90 Å². The van der Waals surface area contributed by atoms with Crippen molar-refractivity contribution >= 4 is 40.3 Å². The Morgan fingerprint density at radius 1 is 1.45 bits per heavy atom. The van der Waals surface area contributed by atoms with Gasteiger partial charge in [-0.1, -0.05) is 6.07 Å². The first-order valence-corrected chi connectivity index (χ1v) is 7.66. The molecule has 0 aliphatic carbocycles. The maximum absolute atomic E-state index is 12.1. The van der Waals surface area contributed by atoms with Crippen molar-refractivity contribution in [2.24, 2.45) is 5.92 Å². The molecule has 0 bridgehead atoms. The molecule has 1 aliphatic rings. The lowest BCUT2D eigenvalue weighted by Gasteiger charge is -2.17. The fourth-order valence-electron chi connectivity index (χ4n) is 2.35. The van der Waals surface area contributed by atoms with Crippen molar-refractivity contribution in [2.75, 3.05) is 18.4 Å². The number of carbonyl (C=O) groups excluding carboxylic acids is 1. The van der Waals surface area contributed by atoms with Gasteiger partial charge in [0, 0.05) is 28.8 Å². The van der Waals surface area contributed by atoms with Crippen LogP contribution < -0.4 is 5.32 Å². The maximum Gasteiger partial charge on any atom is 0.321 e. The summed E-state index contributed by atoms with van der Waals surface area (Å²) in [6.45, 7) is 1.34. The molecule has 1 fully saturated rings. The molecular formula is C14H17IN2O3. The minimum absolute atomic E-state index is 0.107. The molecule has 108 valence electrons. The number of halogens is 1. The monoisotopic (exact) mass is 388 g/mol. The number of likely N-dealkylation sites (tertiary alicyclic amines) is 1. The van der Waals surface area contributed by atoms with Crippen LogP contribution in [0.1, 0.15) is 19.3 Å². The predicted molar refractivity (Wildman–Crippen MR) is 84.7 cm³/mol. The smallest absolute Gasteiger partial charge is 0.321 e. The Bertz CT molecular complexity index is 507. The van der Waals surface area contributed by atoms with E-state index in [2.05, 4.69) is 27.9 Å². The molecule has 1 heterocycles.